The first-order valence-electron chi connectivity index (χ1n) is 9.82. The third-order valence-corrected chi connectivity index (χ3v) is 5.78. The minimum atomic E-state index is -0.289. The van der Waals surface area contributed by atoms with Gasteiger partial charge < -0.3 is 19.5 Å². The molecule has 0 unspecified atom stereocenters. The molecular weight excluding hydrogens is 433 g/mol. The number of carbonyl (C=O) groups is 1. The van der Waals surface area contributed by atoms with Crippen LogP contribution in [0, 0.1) is 5.82 Å². The molecule has 0 fully saturated rings. The van der Waals surface area contributed by atoms with Gasteiger partial charge in [0.25, 0.3) is 5.91 Å². The van der Waals surface area contributed by atoms with Crippen LogP contribution in [0.4, 0.5) is 10.2 Å². The van der Waals surface area contributed by atoms with E-state index in [0.29, 0.717) is 40.1 Å². The summed E-state index contributed by atoms with van der Waals surface area (Å²) in [6.45, 7) is 0.812. The lowest BCUT2D eigenvalue weighted by molar-refractivity contribution is 0.103. The molecule has 0 aliphatic carbocycles. The Balaban J connectivity index is 1.17. The van der Waals surface area contributed by atoms with Crippen molar-refractivity contribution >= 4 is 23.1 Å². The van der Waals surface area contributed by atoms with Gasteiger partial charge in [-0.15, -0.1) is 11.3 Å². The molecule has 0 radical (unpaired) electrons. The summed E-state index contributed by atoms with van der Waals surface area (Å²) in [6, 6.07) is 15.4. The van der Waals surface area contributed by atoms with E-state index in [1.165, 1.54) is 17.4 Å². The van der Waals surface area contributed by atoms with Gasteiger partial charge in [-0.2, -0.15) is 5.10 Å². The minimum absolute atomic E-state index is 0.211. The van der Waals surface area contributed by atoms with Crippen molar-refractivity contribution < 1.29 is 23.4 Å². The lowest BCUT2D eigenvalue weighted by Crippen LogP contribution is -2.11. The Morgan fingerprint density at radius 1 is 1.16 bits per heavy atom. The Labute approximate surface area is 187 Å². The van der Waals surface area contributed by atoms with Crippen molar-refractivity contribution in [1.82, 2.24) is 9.78 Å². The first kappa shape index (κ1) is 20.1. The fraction of sp³-hybridized carbons (Fsp3) is 0.130. The van der Waals surface area contributed by atoms with E-state index in [9.17, 15) is 9.18 Å². The SMILES string of the molecule is O=C(Nc1ccn(Cc2ccccc2F)n1)c1cc(COc2ccc3c(c2)OCO3)cs1. The summed E-state index contributed by atoms with van der Waals surface area (Å²) < 4.78 is 31.8. The highest BCUT2D eigenvalue weighted by Crippen LogP contribution is 2.35. The number of fused-ring (bicyclic) bond motifs is 1. The molecule has 9 heteroatoms. The van der Waals surface area contributed by atoms with E-state index < -0.39 is 0 Å². The van der Waals surface area contributed by atoms with Crippen LogP contribution in [-0.4, -0.2) is 22.5 Å². The molecule has 1 N–H and O–H groups in total. The first-order chi connectivity index (χ1) is 15.6. The largest absolute Gasteiger partial charge is 0.489 e. The first-order valence-corrected chi connectivity index (χ1v) is 10.7. The van der Waals surface area contributed by atoms with Crippen LogP contribution in [-0.2, 0) is 13.2 Å². The predicted octanol–water partition coefficient (Wildman–Crippen LogP) is 4.69. The average molecular weight is 451 g/mol. The third kappa shape index (κ3) is 4.42. The minimum Gasteiger partial charge on any atom is -0.489 e. The molecule has 4 aromatic rings. The van der Waals surface area contributed by atoms with Crippen LogP contribution in [0.3, 0.4) is 0 Å². The van der Waals surface area contributed by atoms with E-state index in [-0.39, 0.29) is 25.1 Å². The molecule has 2 aromatic heterocycles. The summed E-state index contributed by atoms with van der Waals surface area (Å²) in [5.41, 5.74) is 1.40. The van der Waals surface area contributed by atoms with Crippen LogP contribution in [0.5, 0.6) is 17.2 Å². The molecule has 5 rings (SSSR count). The quantitative estimate of drug-likeness (QED) is 0.441. The van der Waals surface area contributed by atoms with Gasteiger partial charge in [-0.1, -0.05) is 18.2 Å². The van der Waals surface area contributed by atoms with E-state index in [2.05, 4.69) is 10.4 Å². The Bertz CT molecular complexity index is 1270. The van der Waals surface area contributed by atoms with Gasteiger partial charge in [-0.05, 0) is 29.6 Å². The molecule has 0 atom stereocenters. The van der Waals surface area contributed by atoms with Gasteiger partial charge >= 0.3 is 0 Å². The molecule has 32 heavy (non-hydrogen) atoms. The number of nitrogens with one attached hydrogen (secondary N) is 1. The lowest BCUT2D eigenvalue weighted by Gasteiger charge is -2.05. The molecule has 0 bridgehead atoms. The number of rotatable bonds is 7. The summed E-state index contributed by atoms with van der Waals surface area (Å²) in [4.78, 5) is 13.1. The van der Waals surface area contributed by atoms with E-state index in [4.69, 9.17) is 14.2 Å². The molecule has 1 aliphatic rings. The second-order valence-electron chi connectivity index (χ2n) is 7.07. The van der Waals surface area contributed by atoms with Gasteiger partial charge in [0.1, 0.15) is 18.2 Å². The lowest BCUT2D eigenvalue weighted by atomic mass is 10.2. The van der Waals surface area contributed by atoms with Crippen molar-refractivity contribution in [2.45, 2.75) is 13.2 Å². The van der Waals surface area contributed by atoms with Crippen molar-refractivity contribution in [2.24, 2.45) is 0 Å². The highest BCUT2D eigenvalue weighted by molar-refractivity contribution is 7.12. The molecule has 162 valence electrons. The van der Waals surface area contributed by atoms with Crippen LogP contribution in [0.1, 0.15) is 20.8 Å². The average Bonchev–Trinajstić information content (AvgIpc) is 3.54. The number of ether oxygens (including phenoxy) is 3. The number of amides is 1. The second-order valence-corrected chi connectivity index (χ2v) is 7.98. The number of benzene rings is 2. The molecule has 0 spiro atoms. The van der Waals surface area contributed by atoms with Crippen molar-refractivity contribution in [2.75, 3.05) is 12.1 Å². The van der Waals surface area contributed by atoms with Crippen molar-refractivity contribution in [3.05, 3.63) is 88.0 Å². The van der Waals surface area contributed by atoms with Gasteiger partial charge in [0.15, 0.2) is 17.3 Å². The molecule has 1 amide bonds. The summed E-state index contributed by atoms with van der Waals surface area (Å²) in [5, 5.41) is 8.94. The third-order valence-electron chi connectivity index (χ3n) is 4.80. The van der Waals surface area contributed by atoms with Gasteiger partial charge in [-0.3, -0.25) is 9.48 Å². The van der Waals surface area contributed by atoms with E-state index in [1.54, 1.807) is 53.3 Å². The van der Waals surface area contributed by atoms with Crippen LogP contribution >= 0.6 is 11.3 Å². The fourth-order valence-corrected chi connectivity index (χ4v) is 3.99. The van der Waals surface area contributed by atoms with Crippen LogP contribution in [0.15, 0.2) is 66.2 Å². The number of hydrogen-bond donors (Lipinski definition) is 1. The number of thiophene rings is 1. The number of nitrogens with zero attached hydrogens (tertiary/aromatic N) is 2. The van der Waals surface area contributed by atoms with Gasteiger partial charge in [-0.25, -0.2) is 4.39 Å². The molecule has 2 aromatic carbocycles. The number of halogens is 1. The maximum atomic E-state index is 13.8. The summed E-state index contributed by atoms with van der Waals surface area (Å²) >= 11 is 1.32. The molecule has 1 aliphatic heterocycles. The zero-order valence-corrected chi connectivity index (χ0v) is 17.6. The molecule has 0 saturated heterocycles. The Hall–Kier alpha value is -3.85. The van der Waals surface area contributed by atoms with Gasteiger partial charge in [0.05, 0.1) is 11.4 Å². The molecule has 7 nitrogen and oxygen atoms in total. The zero-order chi connectivity index (χ0) is 21.9. The molecular formula is C23H18FN3O4S. The number of anilines is 1. The van der Waals surface area contributed by atoms with Crippen LogP contribution in [0.2, 0.25) is 0 Å². The molecule has 0 saturated carbocycles. The zero-order valence-electron chi connectivity index (χ0n) is 16.8. The molecule has 3 heterocycles. The fourth-order valence-electron chi connectivity index (χ4n) is 3.20. The van der Waals surface area contributed by atoms with Crippen LogP contribution < -0.4 is 19.5 Å². The topological polar surface area (TPSA) is 74.6 Å². The maximum absolute atomic E-state index is 13.8. The smallest absolute Gasteiger partial charge is 0.266 e. The van der Waals surface area contributed by atoms with E-state index >= 15 is 0 Å². The number of hydrogen-bond acceptors (Lipinski definition) is 6. The van der Waals surface area contributed by atoms with Gasteiger partial charge in [0.2, 0.25) is 6.79 Å². The number of carbonyl (C=O) groups excluding carboxylic acids is 1. The monoisotopic (exact) mass is 451 g/mol. The summed E-state index contributed by atoms with van der Waals surface area (Å²) in [6.07, 6.45) is 1.70. The standard InChI is InChI=1S/C23H18FN3O4S/c24-18-4-2-1-3-16(18)11-27-8-7-22(26-27)25-23(28)21-9-15(13-32-21)12-29-17-5-6-19-20(10-17)31-14-30-19/h1-10,13H,11-12,14H2,(H,25,26,28). The van der Waals surface area contributed by atoms with E-state index in [0.717, 1.165) is 5.56 Å². The maximum Gasteiger partial charge on any atom is 0.266 e. The highest BCUT2D eigenvalue weighted by atomic mass is 32.1. The van der Waals surface area contributed by atoms with Crippen LogP contribution in [0.25, 0.3) is 0 Å². The Morgan fingerprint density at radius 3 is 2.94 bits per heavy atom. The Kier molecular flexibility index (Phi) is 5.47. The Morgan fingerprint density at radius 2 is 2.03 bits per heavy atom. The van der Waals surface area contributed by atoms with Crippen molar-refractivity contribution in [3.63, 3.8) is 0 Å². The van der Waals surface area contributed by atoms with Crippen molar-refractivity contribution in [3.8, 4) is 17.2 Å². The van der Waals surface area contributed by atoms with E-state index in [1.807, 2.05) is 11.4 Å². The van der Waals surface area contributed by atoms with Gasteiger partial charge in [0, 0.05) is 29.5 Å². The predicted molar refractivity (Wildman–Crippen MR) is 117 cm³/mol. The summed E-state index contributed by atoms with van der Waals surface area (Å²) in [5.74, 6) is 1.86. The summed E-state index contributed by atoms with van der Waals surface area (Å²) in [7, 11) is 0. The normalized spacial score (nSPS) is 12.0. The number of aromatic nitrogens is 2. The highest BCUT2D eigenvalue weighted by Gasteiger charge is 2.15. The second kappa shape index (κ2) is 8.72. The van der Waals surface area contributed by atoms with Crippen molar-refractivity contribution in [1.29, 1.82) is 0 Å².